The monoisotopic (exact) mass is 504 g/mol. The van der Waals surface area contributed by atoms with E-state index in [2.05, 4.69) is 44.1 Å². The van der Waals surface area contributed by atoms with E-state index in [1.54, 1.807) is 24.7 Å². The van der Waals surface area contributed by atoms with Gasteiger partial charge in [0.1, 0.15) is 29.0 Å². The first-order chi connectivity index (χ1) is 17.1. The summed E-state index contributed by atoms with van der Waals surface area (Å²) in [4.78, 5) is 30.5. The number of rotatable bonds is 5. The molecular weight excluding hydrogens is 481 g/mol. The Morgan fingerprint density at radius 2 is 2.14 bits per heavy atom. The van der Waals surface area contributed by atoms with Crippen molar-refractivity contribution < 1.29 is 18.7 Å². The van der Waals surface area contributed by atoms with E-state index in [1.807, 2.05) is 0 Å². The van der Waals surface area contributed by atoms with Crippen LogP contribution in [-0.2, 0) is 21.7 Å². The number of imidazole rings is 1. The Bertz CT molecular complexity index is 1500. The molecule has 0 aliphatic carbocycles. The normalized spacial score (nSPS) is 18.2. The van der Waals surface area contributed by atoms with Gasteiger partial charge in [-0.3, -0.25) is 9.59 Å². The summed E-state index contributed by atoms with van der Waals surface area (Å²) in [5, 5.41) is 6.57. The van der Waals surface area contributed by atoms with Gasteiger partial charge in [-0.2, -0.15) is 5.10 Å². The van der Waals surface area contributed by atoms with E-state index >= 15 is 0 Å². The number of ether oxygens (including phenoxy) is 1. The van der Waals surface area contributed by atoms with Gasteiger partial charge in [0.25, 0.3) is 11.1 Å². The molecule has 3 aromatic rings. The van der Waals surface area contributed by atoms with Crippen molar-refractivity contribution in [3.8, 4) is 11.8 Å². The van der Waals surface area contributed by atoms with Crippen molar-refractivity contribution in [3.05, 3.63) is 65.7 Å². The smallest absolute Gasteiger partial charge is 0.503 e. The van der Waals surface area contributed by atoms with Gasteiger partial charge in [-0.15, -0.1) is 0 Å². The predicted octanol–water partition coefficient (Wildman–Crippen LogP) is 1.18. The largest absolute Gasteiger partial charge is 0.742 e. The number of aryl methyl sites for hydroxylation is 1. The zero-order valence-corrected chi connectivity index (χ0v) is 20.9. The van der Waals surface area contributed by atoms with Crippen molar-refractivity contribution >= 4 is 38.9 Å². The maximum atomic E-state index is 14.6. The highest BCUT2D eigenvalue weighted by Crippen LogP contribution is 2.37. The van der Waals surface area contributed by atoms with Crippen LogP contribution in [0, 0.1) is 17.7 Å². The summed E-state index contributed by atoms with van der Waals surface area (Å²) in [6.07, 6.45) is 4.47. The average molecular weight is 505 g/mol. The molecule has 1 atom stereocenters. The average Bonchev–Trinajstić information content (AvgIpc) is 3.51. The Hall–Kier alpha value is -4.37. The lowest BCUT2D eigenvalue weighted by Crippen LogP contribution is -2.40. The van der Waals surface area contributed by atoms with E-state index < -0.39 is 16.9 Å². The Kier molecular flexibility index (Phi) is 6.42. The first-order valence-corrected chi connectivity index (χ1v) is 11.3. The Balaban J connectivity index is 1.82. The molecule has 3 N–H and O–H groups in total. The molecule has 1 saturated heterocycles. The molecule has 36 heavy (non-hydrogen) atoms. The van der Waals surface area contributed by atoms with Crippen LogP contribution in [0.3, 0.4) is 0 Å². The number of carbonyl (C=O) groups is 2. The molecule has 2 radical (unpaired) electrons. The molecule has 1 aliphatic heterocycles. The molecule has 0 spiro atoms. The SMILES string of the molecule is C=CC(=O)N1C[C@@]([Si+])(n2nc(C#Cc3cc(F)c4c(c3)ncn4C)c(C(N)=O)c2NC)C/C1=C\OC. The van der Waals surface area contributed by atoms with Gasteiger partial charge in [0, 0.05) is 19.7 Å². The number of hydrogen-bond donors (Lipinski definition) is 2. The number of aromatic nitrogens is 4. The van der Waals surface area contributed by atoms with E-state index in [9.17, 15) is 14.0 Å². The van der Waals surface area contributed by atoms with Gasteiger partial charge >= 0.3 is 10.2 Å². The lowest BCUT2D eigenvalue weighted by Gasteiger charge is -2.18. The molecule has 1 fully saturated rings. The Morgan fingerprint density at radius 3 is 2.78 bits per heavy atom. The molecule has 1 aromatic carbocycles. The maximum absolute atomic E-state index is 14.6. The van der Waals surface area contributed by atoms with Crippen LogP contribution in [0.25, 0.3) is 11.0 Å². The summed E-state index contributed by atoms with van der Waals surface area (Å²) < 4.78 is 22.8. The topological polar surface area (TPSA) is 120 Å². The number of carbonyl (C=O) groups excluding carboxylic acids is 2. The van der Waals surface area contributed by atoms with Crippen molar-refractivity contribution in [2.24, 2.45) is 12.8 Å². The number of benzene rings is 1. The lowest BCUT2D eigenvalue weighted by atomic mass is 10.1. The van der Waals surface area contributed by atoms with Crippen LogP contribution in [0.5, 0.6) is 0 Å². The number of hydrogen-bond acceptors (Lipinski definition) is 6. The third-order valence-electron chi connectivity index (χ3n) is 5.80. The van der Waals surface area contributed by atoms with Crippen molar-refractivity contribution in [3.63, 3.8) is 0 Å². The van der Waals surface area contributed by atoms with Crippen LogP contribution < -0.4 is 11.1 Å². The number of anilines is 1. The van der Waals surface area contributed by atoms with E-state index in [4.69, 9.17) is 10.5 Å². The van der Waals surface area contributed by atoms with Crippen LogP contribution in [0.4, 0.5) is 10.2 Å². The summed E-state index contributed by atoms with van der Waals surface area (Å²) >= 11 is 0. The third kappa shape index (κ3) is 4.13. The number of likely N-dealkylation sites (tertiary alicyclic amines) is 1. The number of allylic oxidation sites excluding steroid dienone is 1. The fourth-order valence-electron chi connectivity index (χ4n) is 4.25. The minimum absolute atomic E-state index is 0.0628. The number of nitrogens with two attached hydrogens (primary N) is 1. The molecule has 2 amide bonds. The number of halogens is 1. The molecule has 12 heteroatoms. The van der Waals surface area contributed by atoms with Crippen LogP contribution in [0.1, 0.15) is 28.0 Å². The molecule has 0 bridgehead atoms. The van der Waals surface area contributed by atoms with Gasteiger partial charge in [0.15, 0.2) is 5.69 Å². The first kappa shape index (κ1) is 24.7. The Labute approximate surface area is 210 Å². The number of methoxy groups -OCH3 is 1. The van der Waals surface area contributed by atoms with Crippen molar-refractivity contribution in [1.29, 1.82) is 0 Å². The van der Waals surface area contributed by atoms with Gasteiger partial charge in [-0.05, 0) is 24.1 Å². The highest BCUT2D eigenvalue weighted by Gasteiger charge is 2.54. The standard InChI is InChI=1S/C24H23FN7O3Si/c1-5-19(33)31-12-24(36,10-15(31)11-35-4)32-23(27-2)20(22(26)34)17(29-32)7-6-14-8-16(25)21-18(9-14)28-13-30(21)3/h5,8-9,11,13,27H,1,10,12H2,2-4H3,(H2,26,34)/q+1/b15-11+/t24-/m1/s1. The second-order valence-electron chi connectivity index (χ2n) is 8.21. The van der Waals surface area contributed by atoms with Crippen LogP contribution >= 0.6 is 0 Å². The summed E-state index contributed by atoms with van der Waals surface area (Å²) in [6.45, 7) is 3.71. The van der Waals surface area contributed by atoms with Crippen LogP contribution in [0.15, 0.2) is 43.1 Å². The Morgan fingerprint density at radius 1 is 1.39 bits per heavy atom. The summed E-state index contributed by atoms with van der Waals surface area (Å²) in [7, 11) is 8.56. The molecule has 3 heterocycles. The minimum Gasteiger partial charge on any atom is -0.503 e. The van der Waals surface area contributed by atoms with Gasteiger partial charge < -0.3 is 25.3 Å². The number of nitrogens with zero attached hydrogens (tertiary/aromatic N) is 5. The second kappa shape index (κ2) is 9.35. The molecule has 0 saturated carbocycles. The molecule has 10 nitrogen and oxygen atoms in total. The lowest BCUT2D eigenvalue weighted by molar-refractivity contribution is -0.123. The van der Waals surface area contributed by atoms with Gasteiger partial charge in [0.2, 0.25) is 5.91 Å². The molecule has 182 valence electrons. The number of primary amides is 1. The van der Waals surface area contributed by atoms with Gasteiger partial charge in [0.05, 0.1) is 37.6 Å². The van der Waals surface area contributed by atoms with Crippen molar-refractivity contribution in [1.82, 2.24) is 24.2 Å². The highest BCUT2D eigenvalue weighted by molar-refractivity contribution is 6.15. The fraction of sp³-hybridized carbons (Fsp3) is 0.250. The van der Waals surface area contributed by atoms with Gasteiger partial charge in [-0.25, -0.2) is 14.1 Å². The predicted molar refractivity (Wildman–Crippen MR) is 132 cm³/mol. The zero-order valence-electron chi connectivity index (χ0n) is 19.9. The minimum atomic E-state index is -0.954. The molecular formula is C24H23FN7O3Si+. The quantitative estimate of drug-likeness (QED) is 0.233. The second-order valence-corrected chi connectivity index (χ2v) is 9.14. The third-order valence-corrected chi connectivity index (χ3v) is 6.35. The summed E-state index contributed by atoms with van der Waals surface area (Å²) in [6, 6.07) is 2.94. The van der Waals surface area contributed by atoms with E-state index in [1.165, 1.54) is 41.4 Å². The fourth-order valence-corrected chi connectivity index (χ4v) is 4.75. The number of nitrogens with one attached hydrogen (secondary N) is 1. The molecule has 2 aromatic heterocycles. The highest BCUT2D eigenvalue weighted by atomic mass is 28.1. The van der Waals surface area contributed by atoms with Crippen LogP contribution in [0.2, 0.25) is 0 Å². The maximum Gasteiger partial charge on any atom is 0.742 e. The van der Waals surface area contributed by atoms with Gasteiger partial charge in [-0.1, -0.05) is 12.5 Å². The van der Waals surface area contributed by atoms with E-state index in [0.717, 1.165) is 0 Å². The summed E-state index contributed by atoms with van der Waals surface area (Å²) in [5.74, 6) is 4.47. The van der Waals surface area contributed by atoms with E-state index in [-0.39, 0.29) is 23.7 Å². The molecule has 1 aliphatic rings. The van der Waals surface area contributed by atoms with Crippen molar-refractivity contribution in [2.75, 3.05) is 26.0 Å². The molecule has 0 unspecified atom stereocenters. The van der Waals surface area contributed by atoms with E-state index in [0.29, 0.717) is 34.5 Å². The molecule has 4 rings (SSSR count). The van der Waals surface area contributed by atoms with Crippen molar-refractivity contribution in [2.45, 2.75) is 11.6 Å². The number of fused-ring (bicyclic) bond motifs is 1. The van der Waals surface area contributed by atoms with Crippen LogP contribution in [-0.4, -0.2) is 67.0 Å². The summed E-state index contributed by atoms with van der Waals surface area (Å²) in [5.41, 5.74) is 7.60. The zero-order chi connectivity index (χ0) is 26.2. The first-order valence-electron chi connectivity index (χ1n) is 10.8. The number of amides is 2.